The van der Waals surface area contributed by atoms with Gasteiger partial charge in [0.25, 0.3) is 5.91 Å². The van der Waals surface area contributed by atoms with E-state index in [-0.39, 0.29) is 11.3 Å². The second kappa shape index (κ2) is 7.20. The molecule has 0 unspecified atom stereocenters. The fourth-order valence-corrected chi connectivity index (χ4v) is 2.81. The van der Waals surface area contributed by atoms with Crippen molar-refractivity contribution in [1.29, 1.82) is 0 Å². The average molecular weight is 335 g/mol. The summed E-state index contributed by atoms with van der Waals surface area (Å²) in [5.41, 5.74) is 0.762. The molecule has 0 atom stereocenters. The van der Waals surface area contributed by atoms with E-state index in [1.807, 2.05) is 32.3 Å². The summed E-state index contributed by atoms with van der Waals surface area (Å²) < 4.78 is 5.65. The molecule has 1 aromatic carbocycles. The smallest absolute Gasteiger partial charge is 0.287 e. The average Bonchev–Trinajstić information content (AvgIpc) is 2.93. The minimum absolute atomic E-state index is 0.0165. The lowest BCUT2D eigenvalue weighted by Crippen LogP contribution is -2.39. The van der Waals surface area contributed by atoms with Crippen molar-refractivity contribution in [2.75, 3.05) is 27.2 Å². The normalized spacial score (nSPS) is 11.7. The van der Waals surface area contributed by atoms with E-state index in [1.165, 1.54) is 0 Å². The molecule has 1 heterocycles. The molecule has 0 saturated carbocycles. The molecular weight excluding hydrogens is 312 g/mol. The monoisotopic (exact) mass is 334 g/mol. The largest absolute Gasteiger partial charge is 0.451 e. The lowest BCUT2D eigenvalue weighted by molar-refractivity contribution is 0.0902. The molecule has 0 bridgehead atoms. The van der Waals surface area contributed by atoms with Gasteiger partial charge in [-0.3, -0.25) is 4.79 Å². The van der Waals surface area contributed by atoms with Crippen molar-refractivity contribution in [2.45, 2.75) is 13.8 Å². The fraction of sp³-hybridized carbons (Fsp3) is 0.389. The van der Waals surface area contributed by atoms with Crippen molar-refractivity contribution in [2.24, 2.45) is 5.41 Å². The predicted molar refractivity (Wildman–Crippen MR) is 93.8 cm³/mol. The Hall–Kier alpha value is -1.78. The predicted octanol–water partition coefficient (Wildman–Crippen LogP) is 3.92. The van der Waals surface area contributed by atoms with Gasteiger partial charge in [0, 0.05) is 18.7 Å². The number of halogens is 1. The second-order valence-corrected chi connectivity index (χ2v) is 7.14. The van der Waals surface area contributed by atoms with Gasteiger partial charge >= 0.3 is 0 Å². The summed E-state index contributed by atoms with van der Waals surface area (Å²) in [7, 11) is 4.04. The van der Waals surface area contributed by atoms with Crippen LogP contribution in [0.3, 0.4) is 0 Å². The van der Waals surface area contributed by atoms with Crippen molar-refractivity contribution < 1.29 is 9.21 Å². The summed E-state index contributed by atoms with van der Waals surface area (Å²) in [6, 6.07) is 10.8. The molecular formula is C18H23ClN2O2. The Balaban J connectivity index is 2.03. The van der Waals surface area contributed by atoms with Crippen molar-refractivity contribution in [3.8, 4) is 11.3 Å². The van der Waals surface area contributed by atoms with E-state index < -0.39 is 0 Å². The third kappa shape index (κ3) is 4.85. The van der Waals surface area contributed by atoms with Gasteiger partial charge in [0.2, 0.25) is 0 Å². The van der Waals surface area contributed by atoms with Gasteiger partial charge in [-0.2, -0.15) is 0 Å². The number of nitrogens with one attached hydrogen (secondary N) is 1. The van der Waals surface area contributed by atoms with Crippen LogP contribution in [0.2, 0.25) is 5.02 Å². The summed E-state index contributed by atoms with van der Waals surface area (Å²) in [4.78, 5) is 14.4. The van der Waals surface area contributed by atoms with E-state index in [4.69, 9.17) is 16.0 Å². The molecule has 0 aliphatic rings. The Morgan fingerprint density at radius 1 is 1.22 bits per heavy atom. The van der Waals surface area contributed by atoms with E-state index in [2.05, 4.69) is 24.1 Å². The van der Waals surface area contributed by atoms with Crippen LogP contribution in [0.15, 0.2) is 40.8 Å². The van der Waals surface area contributed by atoms with E-state index in [9.17, 15) is 4.79 Å². The highest BCUT2D eigenvalue weighted by Gasteiger charge is 2.21. The maximum atomic E-state index is 12.3. The molecule has 0 spiro atoms. The minimum atomic E-state index is -0.213. The quantitative estimate of drug-likeness (QED) is 0.871. The molecule has 0 radical (unpaired) electrons. The third-order valence-electron chi connectivity index (χ3n) is 3.44. The van der Waals surface area contributed by atoms with Crippen molar-refractivity contribution in [3.05, 3.63) is 47.2 Å². The number of rotatable bonds is 6. The van der Waals surface area contributed by atoms with Gasteiger partial charge in [0.15, 0.2) is 5.76 Å². The zero-order valence-corrected chi connectivity index (χ0v) is 14.8. The maximum absolute atomic E-state index is 12.3. The van der Waals surface area contributed by atoms with Crippen LogP contribution in [0.4, 0.5) is 0 Å². The molecule has 1 amide bonds. The summed E-state index contributed by atoms with van der Waals surface area (Å²) >= 11 is 6.15. The van der Waals surface area contributed by atoms with Gasteiger partial charge < -0.3 is 14.6 Å². The first-order chi connectivity index (χ1) is 10.8. The number of amides is 1. The lowest BCUT2D eigenvalue weighted by Gasteiger charge is -2.28. The van der Waals surface area contributed by atoms with Crippen LogP contribution in [-0.4, -0.2) is 38.0 Å². The Morgan fingerprint density at radius 2 is 1.91 bits per heavy atom. The van der Waals surface area contributed by atoms with Gasteiger partial charge in [0.05, 0.1) is 5.02 Å². The van der Waals surface area contributed by atoms with Crippen LogP contribution in [0.1, 0.15) is 24.4 Å². The Morgan fingerprint density at radius 3 is 2.57 bits per heavy atom. The van der Waals surface area contributed by atoms with Gasteiger partial charge in [-0.25, -0.2) is 0 Å². The number of carbonyl (C=O) groups excluding carboxylic acids is 1. The second-order valence-electron chi connectivity index (χ2n) is 6.73. The highest BCUT2D eigenvalue weighted by Crippen LogP contribution is 2.29. The van der Waals surface area contributed by atoms with Gasteiger partial charge in [-0.05, 0) is 43.8 Å². The van der Waals surface area contributed by atoms with E-state index >= 15 is 0 Å². The summed E-state index contributed by atoms with van der Waals surface area (Å²) in [6.45, 7) is 5.69. The first-order valence-electron chi connectivity index (χ1n) is 7.56. The molecule has 124 valence electrons. The molecule has 0 aliphatic heterocycles. The Labute approximate surface area is 142 Å². The van der Waals surface area contributed by atoms with Crippen molar-refractivity contribution in [1.82, 2.24) is 10.2 Å². The molecule has 1 N–H and O–H groups in total. The van der Waals surface area contributed by atoms with Crippen LogP contribution >= 0.6 is 11.6 Å². The number of carbonyl (C=O) groups is 1. The first kappa shape index (κ1) is 17.6. The lowest BCUT2D eigenvalue weighted by atomic mass is 9.93. The van der Waals surface area contributed by atoms with E-state index in [0.717, 1.165) is 12.1 Å². The highest BCUT2D eigenvalue weighted by molar-refractivity contribution is 6.33. The highest BCUT2D eigenvalue weighted by atomic mass is 35.5. The molecule has 2 rings (SSSR count). The van der Waals surface area contributed by atoms with E-state index in [0.29, 0.717) is 23.1 Å². The molecule has 5 heteroatoms. The Bertz CT molecular complexity index is 677. The summed E-state index contributed by atoms with van der Waals surface area (Å²) in [6.07, 6.45) is 0. The van der Waals surface area contributed by atoms with Crippen LogP contribution in [-0.2, 0) is 0 Å². The fourth-order valence-electron chi connectivity index (χ4n) is 2.58. The van der Waals surface area contributed by atoms with Crippen molar-refractivity contribution >= 4 is 17.5 Å². The molecule has 2 aromatic rings. The first-order valence-corrected chi connectivity index (χ1v) is 7.94. The summed E-state index contributed by atoms with van der Waals surface area (Å²) in [5.74, 6) is 0.670. The van der Waals surface area contributed by atoms with Gasteiger partial charge in [-0.15, -0.1) is 0 Å². The topological polar surface area (TPSA) is 45.5 Å². The number of hydrogen-bond donors (Lipinski definition) is 1. The molecule has 23 heavy (non-hydrogen) atoms. The van der Waals surface area contributed by atoms with Crippen LogP contribution in [0.5, 0.6) is 0 Å². The molecule has 1 aromatic heterocycles. The van der Waals surface area contributed by atoms with Gasteiger partial charge in [-0.1, -0.05) is 37.6 Å². The number of furan rings is 1. The molecule has 0 aliphatic carbocycles. The van der Waals surface area contributed by atoms with Crippen LogP contribution in [0.25, 0.3) is 11.3 Å². The van der Waals surface area contributed by atoms with Gasteiger partial charge in [0.1, 0.15) is 5.76 Å². The molecule has 0 saturated heterocycles. The number of benzene rings is 1. The van der Waals surface area contributed by atoms with Crippen LogP contribution in [0, 0.1) is 5.41 Å². The number of hydrogen-bond acceptors (Lipinski definition) is 3. The van der Waals surface area contributed by atoms with Crippen LogP contribution < -0.4 is 5.32 Å². The maximum Gasteiger partial charge on any atom is 0.287 e. The summed E-state index contributed by atoms with van der Waals surface area (Å²) in [5, 5.41) is 3.53. The zero-order chi connectivity index (χ0) is 17.0. The van der Waals surface area contributed by atoms with E-state index in [1.54, 1.807) is 18.2 Å². The minimum Gasteiger partial charge on any atom is -0.451 e. The number of nitrogens with zero attached hydrogens (tertiary/aromatic N) is 1. The standard InChI is InChI=1S/C18H23ClN2O2/c1-18(2,12-21(3)4)11-20-17(22)16-10-9-15(23-16)13-7-5-6-8-14(13)19/h5-10H,11-12H2,1-4H3,(H,20,22). The SMILES string of the molecule is CN(C)CC(C)(C)CNC(=O)c1ccc(-c2ccccc2Cl)o1. The molecule has 4 nitrogen and oxygen atoms in total. The van der Waals surface area contributed by atoms with Crippen molar-refractivity contribution in [3.63, 3.8) is 0 Å². The zero-order valence-electron chi connectivity index (χ0n) is 14.0. The third-order valence-corrected chi connectivity index (χ3v) is 3.77. The Kier molecular flexibility index (Phi) is 5.50. The molecule has 0 fully saturated rings.